The number of hydrogen-bond acceptors (Lipinski definition) is 3. The zero-order valence-electron chi connectivity index (χ0n) is 13.1. The molecule has 1 atom stereocenters. The fourth-order valence-electron chi connectivity index (χ4n) is 2.62. The van der Waals surface area contributed by atoms with E-state index in [9.17, 15) is 26.0 Å². The summed E-state index contributed by atoms with van der Waals surface area (Å²) in [5.41, 5.74) is 3.86. The Morgan fingerprint density at radius 3 is 2.38 bits per heavy atom. The summed E-state index contributed by atoms with van der Waals surface area (Å²) in [5.74, 6) is -1.14. The number of sulfonamides is 1. The van der Waals surface area contributed by atoms with Crippen molar-refractivity contribution < 1.29 is 26.0 Å². The molecule has 2 rings (SSSR count). The van der Waals surface area contributed by atoms with Gasteiger partial charge in [0, 0.05) is 19.1 Å². The third kappa shape index (κ3) is 4.01. The molecule has 1 aliphatic rings. The molecule has 0 amide bonds. The van der Waals surface area contributed by atoms with Crippen LogP contribution in [-0.2, 0) is 16.2 Å². The minimum Gasteiger partial charge on any atom is -0.327 e. The van der Waals surface area contributed by atoms with E-state index in [1.165, 1.54) is 0 Å². The van der Waals surface area contributed by atoms with Gasteiger partial charge < -0.3 is 5.73 Å². The van der Waals surface area contributed by atoms with Crippen LogP contribution < -0.4 is 5.73 Å². The molecule has 1 saturated heterocycles. The number of hydrogen-bond donors (Lipinski definition) is 1. The van der Waals surface area contributed by atoms with Crippen LogP contribution in [-0.4, -0.2) is 31.9 Å². The van der Waals surface area contributed by atoms with Gasteiger partial charge in [0.25, 0.3) is 0 Å². The Labute approximate surface area is 144 Å². The van der Waals surface area contributed by atoms with Crippen LogP contribution in [0.1, 0.15) is 25.8 Å². The van der Waals surface area contributed by atoms with Crippen LogP contribution in [0, 0.1) is 11.2 Å². The van der Waals surface area contributed by atoms with Crippen molar-refractivity contribution in [1.82, 2.24) is 4.31 Å². The molecule has 0 radical (unpaired) electrons. The Morgan fingerprint density at radius 2 is 1.88 bits per heavy atom. The van der Waals surface area contributed by atoms with E-state index in [2.05, 4.69) is 0 Å². The first-order chi connectivity index (χ1) is 10.4. The van der Waals surface area contributed by atoms with Crippen molar-refractivity contribution >= 4 is 22.4 Å². The molecule has 0 spiro atoms. The molecule has 24 heavy (non-hydrogen) atoms. The number of piperidine rings is 1. The van der Waals surface area contributed by atoms with E-state index in [0.29, 0.717) is 18.6 Å². The van der Waals surface area contributed by atoms with Crippen LogP contribution >= 0.6 is 12.4 Å². The highest BCUT2D eigenvalue weighted by Gasteiger charge is 2.43. The molecule has 138 valence electrons. The summed E-state index contributed by atoms with van der Waals surface area (Å²) >= 11 is 0. The lowest BCUT2D eigenvalue weighted by Gasteiger charge is -2.42. The summed E-state index contributed by atoms with van der Waals surface area (Å²) in [4.78, 5) is -0.933. The van der Waals surface area contributed by atoms with E-state index in [4.69, 9.17) is 5.73 Å². The van der Waals surface area contributed by atoms with Gasteiger partial charge in [0.15, 0.2) is 0 Å². The quantitative estimate of drug-likeness (QED) is 0.789. The molecule has 1 aromatic rings. The van der Waals surface area contributed by atoms with Gasteiger partial charge in [-0.05, 0) is 30.0 Å². The lowest BCUT2D eigenvalue weighted by atomic mass is 9.81. The summed E-state index contributed by atoms with van der Waals surface area (Å²) < 4.78 is 78.6. The molecule has 2 N–H and O–H groups in total. The van der Waals surface area contributed by atoms with E-state index in [1.54, 1.807) is 13.8 Å². The van der Waals surface area contributed by atoms with Gasteiger partial charge in [0.2, 0.25) is 10.0 Å². The lowest BCUT2D eigenvalue weighted by Crippen LogP contribution is -2.54. The Morgan fingerprint density at radius 1 is 1.29 bits per heavy atom. The van der Waals surface area contributed by atoms with Crippen LogP contribution in [0.3, 0.4) is 0 Å². The first kappa shape index (κ1) is 21.1. The normalized spacial score (nSPS) is 22.0. The second-order valence-electron chi connectivity index (χ2n) is 6.36. The zero-order chi connectivity index (χ0) is 17.6. The average Bonchev–Trinajstić information content (AvgIpc) is 2.40. The Hall–Kier alpha value is -0.900. The second kappa shape index (κ2) is 6.78. The Bertz CT molecular complexity index is 707. The smallest absolute Gasteiger partial charge is 0.327 e. The maximum Gasteiger partial charge on any atom is 0.417 e. The van der Waals surface area contributed by atoms with Gasteiger partial charge >= 0.3 is 6.18 Å². The molecule has 1 aromatic carbocycles. The highest BCUT2D eigenvalue weighted by atomic mass is 35.5. The predicted octanol–water partition coefficient (Wildman–Crippen LogP) is 3.01. The van der Waals surface area contributed by atoms with Crippen LogP contribution in [0.25, 0.3) is 0 Å². The fourth-order valence-corrected chi connectivity index (χ4v) is 4.44. The minimum atomic E-state index is -4.97. The Balaban J connectivity index is 0.00000288. The molecule has 10 heteroatoms. The molecule has 0 saturated carbocycles. The molecule has 0 aromatic heterocycles. The van der Waals surface area contributed by atoms with Gasteiger partial charge in [-0.25, -0.2) is 12.8 Å². The molecular formula is C14H19ClF4N2O2S. The van der Waals surface area contributed by atoms with E-state index < -0.39 is 37.9 Å². The van der Waals surface area contributed by atoms with E-state index in [-0.39, 0.29) is 37.6 Å². The van der Waals surface area contributed by atoms with Gasteiger partial charge in [-0.1, -0.05) is 13.8 Å². The largest absolute Gasteiger partial charge is 0.417 e. The number of nitrogens with two attached hydrogens (primary N) is 1. The predicted molar refractivity (Wildman–Crippen MR) is 83.8 cm³/mol. The molecule has 4 nitrogen and oxygen atoms in total. The van der Waals surface area contributed by atoms with Gasteiger partial charge in [0.05, 0.1) is 10.5 Å². The molecule has 0 bridgehead atoms. The lowest BCUT2D eigenvalue weighted by molar-refractivity contribution is -0.140. The summed E-state index contributed by atoms with van der Waals surface area (Å²) in [7, 11) is -4.40. The van der Waals surface area contributed by atoms with Crippen molar-refractivity contribution in [1.29, 1.82) is 0 Å². The molecule has 1 fully saturated rings. The number of rotatable bonds is 2. The standard InChI is InChI=1S/C14H18F4N2O2S.ClH/c1-13(2)8-20(6-5-12(13)19)23(21,22)11-4-3-9(15)7-10(11)14(16,17)18;/h3-4,7,12H,5-6,8,19H2,1-2H3;1H. The first-order valence-corrected chi connectivity index (χ1v) is 8.42. The van der Waals surface area contributed by atoms with Crippen LogP contribution in [0.5, 0.6) is 0 Å². The van der Waals surface area contributed by atoms with Crippen molar-refractivity contribution in [2.24, 2.45) is 11.1 Å². The van der Waals surface area contributed by atoms with Crippen molar-refractivity contribution in [2.75, 3.05) is 13.1 Å². The third-order valence-corrected chi connectivity index (χ3v) is 6.05. The van der Waals surface area contributed by atoms with Gasteiger partial charge in [0.1, 0.15) is 5.82 Å². The summed E-state index contributed by atoms with van der Waals surface area (Å²) in [6.07, 6.45) is -4.62. The number of nitrogens with zero attached hydrogens (tertiary/aromatic N) is 1. The second-order valence-corrected chi connectivity index (χ2v) is 8.27. The van der Waals surface area contributed by atoms with E-state index in [1.807, 2.05) is 0 Å². The van der Waals surface area contributed by atoms with E-state index in [0.717, 1.165) is 4.31 Å². The Kier molecular flexibility index (Phi) is 5.97. The van der Waals surface area contributed by atoms with Crippen molar-refractivity contribution in [3.63, 3.8) is 0 Å². The molecule has 1 heterocycles. The van der Waals surface area contributed by atoms with Crippen molar-refractivity contribution in [2.45, 2.75) is 37.4 Å². The minimum absolute atomic E-state index is 0. The third-order valence-electron chi connectivity index (χ3n) is 4.14. The van der Waals surface area contributed by atoms with Gasteiger partial charge in [-0.2, -0.15) is 17.5 Å². The summed E-state index contributed by atoms with van der Waals surface area (Å²) in [5, 5.41) is 0. The highest BCUT2D eigenvalue weighted by Crippen LogP contribution is 2.38. The van der Waals surface area contributed by atoms with Crippen molar-refractivity contribution in [3.8, 4) is 0 Å². The molecule has 1 unspecified atom stereocenters. The number of halogens is 5. The summed E-state index contributed by atoms with van der Waals surface area (Å²) in [6, 6.07) is 1.33. The summed E-state index contributed by atoms with van der Waals surface area (Å²) in [6.45, 7) is 3.55. The van der Waals surface area contributed by atoms with Gasteiger partial charge in [-0.3, -0.25) is 0 Å². The van der Waals surface area contributed by atoms with E-state index >= 15 is 0 Å². The molecular weight excluding hydrogens is 372 g/mol. The zero-order valence-corrected chi connectivity index (χ0v) is 14.7. The first-order valence-electron chi connectivity index (χ1n) is 6.98. The van der Waals surface area contributed by atoms with Crippen LogP contribution in [0.4, 0.5) is 17.6 Å². The number of alkyl halides is 3. The molecule has 0 aliphatic carbocycles. The SMILES string of the molecule is CC1(C)CN(S(=O)(=O)c2ccc(F)cc2C(F)(F)F)CCC1N.Cl. The highest BCUT2D eigenvalue weighted by molar-refractivity contribution is 7.89. The molecule has 1 aliphatic heterocycles. The van der Waals surface area contributed by atoms with Crippen LogP contribution in [0.2, 0.25) is 0 Å². The topological polar surface area (TPSA) is 63.4 Å². The van der Waals surface area contributed by atoms with Crippen LogP contribution in [0.15, 0.2) is 23.1 Å². The average molecular weight is 391 g/mol. The maximum absolute atomic E-state index is 13.2. The van der Waals surface area contributed by atoms with Crippen molar-refractivity contribution in [3.05, 3.63) is 29.6 Å². The maximum atomic E-state index is 13.2. The van der Waals surface area contributed by atoms with Gasteiger partial charge in [-0.15, -0.1) is 12.4 Å². The number of benzene rings is 1. The monoisotopic (exact) mass is 390 g/mol. The fraction of sp³-hybridized carbons (Fsp3) is 0.571.